The first kappa shape index (κ1) is 25.0. The number of nitrogens with zero attached hydrogens (tertiary/aromatic N) is 6. The average Bonchev–Trinajstić information content (AvgIpc) is 2.79. The summed E-state index contributed by atoms with van der Waals surface area (Å²) in [5.74, 6) is 0. The Morgan fingerprint density at radius 1 is 0.676 bits per heavy atom. The number of allylic oxidation sites excluding steroid dienone is 2. The summed E-state index contributed by atoms with van der Waals surface area (Å²) in [6.45, 7) is 3.12. The molecule has 0 aliphatic carbocycles. The number of nitro groups is 4. The van der Waals surface area contributed by atoms with E-state index in [4.69, 9.17) is 0 Å². The molecule has 2 N–H and O–H groups in total. The number of hydrazone groups is 2. The molecule has 0 aliphatic heterocycles. The Labute approximate surface area is 189 Å². The molecule has 176 valence electrons. The molecule has 2 aromatic rings. The molecule has 0 spiro atoms. The van der Waals surface area contributed by atoms with Crippen LogP contribution in [0.5, 0.6) is 0 Å². The second kappa shape index (κ2) is 10.8. The number of nitro benzene ring substituents is 4. The van der Waals surface area contributed by atoms with E-state index in [1.807, 2.05) is 0 Å². The smallest absolute Gasteiger partial charge is 0.271 e. The highest BCUT2D eigenvalue weighted by atomic mass is 16.6. The Hall–Kier alpha value is -5.28. The molecule has 0 bridgehead atoms. The van der Waals surface area contributed by atoms with Gasteiger partial charge >= 0.3 is 11.4 Å². The molecule has 34 heavy (non-hydrogen) atoms. The van der Waals surface area contributed by atoms with Crippen molar-refractivity contribution in [2.45, 2.75) is 13.8 Å². The van der Waals surface area contributed by atoms with Crippen LogP contribution in [0.25, 0.3) is 0 Å². The van der Waals surface area contributed by atoms with E-state index in [9.17, 15) is 40.5 Å². The van der Waals surface area contributed by atoms with Crippen molar-refractivity contribution >= 4 is 45.5 Å². The van der Waals surface area contributed by atoms with Gasteiger partial charge in [-0.1, -0.05) is 0 Å². The highest BCUT2D eigenvalue weighted by Gasteiger charge is 2.20. The van der Waals surface area contributed by atoms with Crippen LogP contribution >= 0.6 is 0 Å². The minimum Gasteiger partial charge on any atom is -0.271 e. The molecule has 0 aliphatic rings. The molecule has 0 saturated heterocycles. The lowest BCUT2D eigenvalue weighted by Gasteiger charge is -2.03. The van der Waals surface area contributed by atoms with Crippen molar-refractivity contribution in [3.63, 3.8) is 0 Å². The lowest BCUT2D eigenvalue weighted by molar-refractivity contribution is -0.393. The van der Waals surface area contributed by atoms with Crippen LogP contribution in [0.2, 0.25) is 0 Å². The molecule has 16 nitrogen and oxygen atoms in total. The monoisotopic (exact) mass is 472 g/mol. The third kappa shape index (κ3) is 6.61. The number of anilines is 2. The van der Waals surface area contributed by atoms with Crippen LogP contribution in [0.1, 0.15) is 13.8 Å². The Balaban J connectivity index is 2.12. The van der Waals surface area contributed by atoms with Gasteiger partial charge in [0.05, 0.1) is 43.2 Å². The van der Waals surface area contributed by atoms with Crippen molar-refractivity contribution in [3.05, 3.63) is 89.0 Å². The van der Waals surface area contributed by atoms with Gasteiger partial charge in [-0.3, -0.25) is 51.3 Å². The summed E-state index contributed by atoms with van der Waals surface area (Å²) in [6, 6.07) is 6.12. The van der Waals surface area contributed by atoms with Crippen molar-refractivity contribution in [2.75, 3.05) is 10.9 Å². The molecule has 0 amide bonds. The second-order valence-corrected chi connectivity index (χ2v) is 6.49. The lowest BCUT2D eigenvalue weighted by atomic mass is 10.2. The summed E-state index contributed by atoms with van der Waals surface area (Å²) in [7, 11) is 0. The fourth-order valence-corrected chi connectivity index (χ4v) is 2.37. The van der Waals surface area contributed by atoms with Gasteiger partial charge in [-0.25, -0.2) is 0 Å². The number of non-ortho nitro benzene ring substituents is 2. The molecule has 0 atom stereocenters. The predicted octanol–water partition coefficient (Wildman–Crippen LogP) is 4.15. The Kier molecular flexibility index (Phi) is 7.97. The summed E-state index contributed by atoms with van der Waals surface area (Å²) in [5, 5.41) is 51.8. The van der Waals surface area contributed by atoms with E-state index in [2.05, 4.69) is 21.1 Å². The van der Waals surface area contributed by atoms with Gasteiger partial charge < -0.3 is 0 Å². The van der Waals surface area contributed by atoms with Gasteiger partial charge in [0.25, 0.3) is 11.4 Å². The Morgan fingerprint density at radius 3 is 1.32 bits per heavy atom. The van der Waals surface area contributed by atoms with Crippen molar-refractivity contribution in [1.82, 2.24) is 0 Å². The highest BCUT2D eigenvalue weighted by Crippen LogP contribution is 2.30. The third-order valence-corrected chi connectivity index (χ3v) is 4.05. The quantitative estimate of drug-likeness (QED) is 0.285. The maximum absolute atomic E-state index is 11.1. The summed E-state index contributed by atoms with van der Waals surface area (Å²) in [4.78, 5) is 40.8. The minimum absolute atomic E-state index is 0.0547. The molecule has 0 aromatic heterocycles. The summed E-state index contributed by atoms with van der Waals surface area (Å²) in [6.07, 6.45) is 2.96. The summed E-state index contributed by atoms with van der Waals surface area (Å²) < 4.78 is 0. The number of benzene rings is 2. The normalized spacial score (nSPS) is 11.8. The minimum atomic E-state index is -0.782. The summed E-state index contributed by atoms with van der Waals surface area (Å²) >= 11 is 0. The predicted molar refractivity (Wildman–Crippen MR) is 122 cm³/mol. The van der Waals surface area contributed by atoms with Crippen molar-refractivity contribution < 1.29 is 19.7 Å². The molecular formula is C18H16N8O8. The third-order valence-electron chi connectivity index (χ3n) is 4.05. The molecule has 0 unspecified atom stereocenters. The molecule has 0 radical (unpaired) electrons. The number of rotatable bonds is 10. The summed E-state index contributed by atoms with van der Waals surface area (Å²) in [5.41, 5.74) is 3.59. The highest BCUT2D eigenvalue weighted by molar-refractivity contribution is 6.02. The molecular weight excluding hydrogens is 456 g/mol. The van der Waals surface area contributed by atoms with Crippen molar-refractivity contribution in [1.29, 1.82) is 0 Å². The van der Waals surface area contributed by atoms with E-state index in [1.54, 1.807) is 13.8 Å². The molecule has 0 heterocycles. The standard InChI is InChI=1S/C18H16N8O8/c1-11(19-21-15-7-5-13(23(27)28)9-17(15)25(31)32)3-4-12(2)20-22-16-8-6-14(24(29)30)10-18(16)26(33)34/h3-10,21-22H,1-2H3/b4-3+,19-11-,20-12-. The van der Waals surface area contributed by atoms with E-state index in [-0.39, 0.29) is 11.4 Å². The van der Waals surface area contributed by atoms with Gasteiger partial charge in [-0.2, -0.15) is 10.2 Å². The second-order valence-electron chi connectivity index (χ2n) is 6.49. The molecule has 0 saturated carbocycles. The van der Waals surface area contributed by atoms with Crippen LogP contribution in [0.4, 0.5) is 34.1 Å². The van der Waals surface area contributed by atoms with Crippen LogP contribution in [0, 0.1) is 40.5 Å². The maximum Gasteiger partial charge on any atom is 0.301 e. The van der Waals surface area contributed by atoms with Gasteiger partial charge in [0.1, 0.15) is 11.4 Å². The SMILES string of the molecule is CC(/C=C/C(C)=N\Nc1ccc([N+](=O)[O-])cc1[N+](=O)[O-])=N/Nc1ccc([N+](=O)[O-])cc1[N+](=O)[O-]. The van der Waals surface area contributed by atoms with Crippen LogP contribution in [-0.4, -0.2) is 31.1 Å². The van der Waals surface area contributed by atoms with E-state index >= 15 is 0 Å². The molecule has 0 fully saturated rings. The first-order valence-corrected chi connectivity index (χ1v) is 9.14. The Morgan fingerprint density at radius 2 is 1.03 bits per heavy atom. The van der Waals surface area contributed by atoms with Gasteiger partial charge in [0, 0.05) is 12.1 Å². The number of hydrogen-bond donors (Lipinski definition) is 2. The van der Waals surface area contributed by atoms with Gasteiger partial charge in [-0.05, 0) is 38.1 Å². The van der Waals surface area contributed by atoms with E-state index in [1.165, 1.54) is 12.2 Å². The number of nitrogens with one attached hydrogen (secondary N) is 2. The zero-order valence-electron chi connectivity index (χ0n) is 17.6. The first-order valence-electron chi connectivity index (χ1n) is 9.14. The van der Waals surface area contributed by atoms with Crippen LogP contribution in [-0.2, 0) is 0 Å². The topological polar surface area (TPSA) is 221 Å². The van der Waals surface area contributed by atoms with Gasteiger partial charge in [0.2, 0.25) is 0 Å². The molecule has 2 aromatic carbocycles. The van der Waals surface area contributed by atoms with E-state index < -0.39 is 42.4 Å². The maximum atomic E-state index is 11.1. The van der Waals surface area contributed by atoms with Gasteiger partial charge in [0.15, 0.2) is 0 Å². The van der Waals surface area contributed by atoms with Crippen molar-refractivity contribution in [2.24, 2.45) is 10.2 Å². The Bertz CT molecular complexity index is 1160. The zero-order chi connectivity index (χ0) is 25.4. The zero-order valence-corrected chi connectivity index (χ0v) is 17.6. The molecule has 2 rings (SSSR count). The van der Waals surface area contributed by atoms with Crippen LogP contribution in [0.3, 0.4) is 0 Å². The fraction of sp³-hybridized carbons (Fsp3) is 0.111. The van der Waals surface area contributed by atoms with Crippen LogP contribution in [0.15, 0.2) is 58.8 Å². The lowest BCUT2D eigenvalue weighted by Crippen LogP contribution is -2.01. The first-order chi connectivity index (χ1) is 16.0. The van der Waals surface area contributed by atoms with Gasteiger partial charge in [-0.15, -0.1) is 0 Å². The average molecular weight is 472 g/mol. The molecule has 16 heteroatoms. The fourth-order valence-electron chi connectivity index (χ4n) is 2.37. The van der Waals surface area contributed by atoms with E-state index in [0.29, 0.717) is 11.4 Å². The van der Waals surface area contributed by atoms with Crippen molar-refractivity contribution in [3.8, 4) is 0 Å². The largest absolute Gasteiger partial charge is 0.301 e. The number of hydrogen-bond acceptors (Lipinski definition) is 12. The van der Waals surface area contributed by atoms with E-state index in [0.717, 1.165) is 36.4 Å². The van der Waals surface area contributed by atoms with Crippen LogP contribution < -0.4 is 10.9 Å².